The van der Waals surface area contributed by atoms with Gasteiger partial charge in [-0.2, -0.15) is 5.26 Å². The number of rotatable bonds is 4. The van der Waals surface area contributed by atoms with Gasteiger partial charge in [-0.25, -0.2) is 9.78 Å². The van der Waals surface area contributed by atoms with E-state index in [1.54, 1.807) is 36.4 Å². The molecule has 0 bridgehead atoms. The predicted octanol–water partition coefficient (Wildman–Crippen LogP) is 2.23. The molecule has 5 heteroatoms. The molecule has 1 aromatic heterocycles. The lowest BCUT2D eigenvalue weighted by Crippen LogP contribution is -2.04. The van der Waals surface area contributed by atoms with E-state index in [2.05, 4.69) is 4.98 Å². The van der Waals surface area contributed by atoms with E-state index in [1.807, 2.05) is 6.07 Å². The van der Waals surface area contributed by atoms with Crippen molar-refractivity contribution in [3.63, 3.8) is 0 Å². The molecular weight excluding hydrogens is 244 g/mol. The second-order valence-electron chi connectivity index (χ2n) is 3.75. The number of ether oxygens (including phenoxy) is 1. The number of hydrogen-bond acceptors (Lipinski definition) is 4. The molecule has 0 fully saturated rings. The molecule has 1 heterocycles. The molecule has 19 heavy (non-hydrogen) atoms. The fourth-order valence-corrected chi connectivity index (χ4v) is 1.49. The molecule has 2 aromatic rings. The summed E-state index contributed by atoms with van der Waals surface area (Å²) in [5, 5.41) is 17.6. The minimum atomic E-state index is -1.08. The summed E-state index contributed by atoms with van der Waals surface area (Å²) in [6.07, 6.45) is 0. The van der Waals surface area contributed by atoms with Crippen LogP contribution in [0.3, 0.4) is 0 Å². The number of nitrogens with zero attached hydrogens (tertiary/aromatic N) is 2. The van der Waals surface area contributed by atoms with Crippen LogP contribution in [0.15, 0.2) is 42.5 Å². The van der Waals surface area contributed by atoms with Crippen LogP contribution in [0.2, 0.25) is 0 Å². The zero-order chi connectivity index (χ0) is 13.7. The number of benzene rings is 1. The number of carboxylic acid groups (broad SMARTS) is 1. The lowest BCUT2D eigenvalue weighted by Gasteiger charge is -2.06. The van der Waals surface area contributed by atoms with E-state index >= 15 is 0 Å². The molecule has 0 aliphatic carbocycles. The zero-order valence-corrected chi connectivity index (χ0v) is 9.91. The Labute approximate surface area is 109 Å². The molecule has 0 radical (unpaired) electrons. The maximum absolute atomic E-state index is 10.8. The van der Waals surface area contributed by atoms with E-state index < -0.39 is 5.97 Å². The van der Waals surface area contributed by atoms with Gasteiger partial charge >= 0.3 is 5.97 Å². The molecule has 1 N–H and O–H groups in total. The highest BCUT2D eigenvalue weighted by Gasteiger charge is 2.05. The molecule has 0 spiro atoms. The molecule has 0 saturated carbocycles. The highest BCUT2D eigenvalue weighted by Crippen LogP contribution is 2.14. The van der Waals surface area contributed by atoms with Gasteiger partial charge in [0.15, 0.2) is 0 Å². The van der Waals surface area contributed by atoms with Gasteiger partial charge in [0.1, 0.15) is 18.1 Å². The largest absolute Gasteiger partial charge is 0.487 e. The Morgan fingerprint density at radius 1 is 1.32 bits per heavy atom. The summed E-state index contributed by atoms with van der Waals surface area (Å²) in [6, 6.07) is 13.5. The standard InChI is InChI=1S/C14H10N2O3/c15-8-10-3-1-5-12(7-10)19-9-11-4-2-6-13(16-11)14(17)18/h1-7H,9H2,(H,17,18). The number of nitriles is 1. The van der Waals surface area contributed by atoms with Gasteiger partial charge < -0.3 is 9.84 Å². The van der Waals surface area contributed by atoms with Crippen LogP contribution < -0.4 is 4.74 Å². The molecule has 5 nitrogen and oxygen atoms in total. The summed E-state index contributed by atoms with van der Waals surface area (Å²) in [6.45, 7) is 0.149. The highest BCUT2D eigenvalue weighted by atomic mass is 16.5. The Bertz CT molecular complexity index is 647. The van der Waals surface area contributed by atoms with E-state index in [-0.39, 0.29) is 12.3 Å². The van der Waals surface area contributed by atoms with Gasteiger partial charge in [0.25, 0.3) is 0 Å². The summed E-state index contributed by atoms with van der Waals surface area (Å²) in [5.74, 6) is -0.532. The van der Waals surface area contributed by atoms with E-state index in [0.29, 0.717) is 17.0 Å². The van der Waals surface area contributed by atoms with Gasteiger partial charge in [-0.05, 0) is 30.3 Å². The van der Waals surface area contributed by atoms with Crippen LogP contribution in [0.25, 0.3) is 0 Å². The van der Waals surface area contributed by atoms with E-state index in [4.69, 9.17) is 15.1 Å². The minimum absolute atomic E-state index is 0.0214. The van der Waals surface area contributed by atoms with Gasteiger partial charge in [0, 0.05) is 0 Å². The van der Waals surface area contributed by atoms with E-state index in [9.17, 15) is 4.79 Å². The zero-order valence-electron chi connectivity index (χ0n) is 9.91. The van der Waals surface area contributed by atoms with Crippen LogP contribution in [-0.2, 0) is 6.61 Å². The highest BCUT2D eigenvalue weighted by molar-refractivity contribution is 5.85. The van der Waals surface area contributed by atoms with E-state index in [1.165, 1.54) is 6.07 Å². The van der Waals surface area contributed by atoms with E-state index in [0.717, 1.165) is 0 Å². The van der Waals surface area contributed by atoms with Crippen LogP contribution in [0.1, 0.15) is 21.7 Å². The van der Waals surface area contributed by atoms with Crippen molar-refractivity contribution < 1.29 is 14.6 Å². The first kappa shape index (κ1) is 12.6. The van der Waals surface area contributed by atoms with Crippen molar-refractivity contribution in [3.8, 4) is 11.8 Å². The van der Waals surface area contributed by atoms with Crippen LogP contribution in [-0.4, -0.2) is 16.1 Å². The minimum Gasteiger partial charge on any atom is -0.487 e. The SMILES string of the molecule is N#Cc1cccc(OCc2cccc(C(=O)O)n2)c1. The Morgan fingerprint density at radius 2 is 2.11 bits per heavy atom. The molecule has 0 unspecified atom stereocenters. The van der Waals surface area contributed by atoms with Gasteiger partial charge in [-0.15, -0.1) is 0 Å². The number of carboxylic acids is 1. The van der Waals surface area contributed by atoms with Crippen LogP contribution >= 0.6 is 0 Å². The molecule has 0 aliphatic rings. The third-order valence-electron chi connectivity index (χ3n) is 2.38. The lowest BCUT2D eigenvalue weighted by atomic mass is 10.2. The average molecular weight is 254 g/mol. The van der Waals surface area contributed by atoms with Crippen LogP contribution in [0.4, 0.5) is 0 Å². The Balaban J connectivity index is 2.08. The Hall–Kier alpha value is -2.87. The molecule has 2 rings (SSSR count). The van der Waals surface area contributed by atoms with Crippen molar-refractivity contribution in [2.75, 3.05) is 0 Å². The Morgan fingerprint density at radius 3 is 2.84 bits per heavy atom. The number of carbonyl (C=O) groups is 1. The maximum atomic E-state index is 10.8. The number of pyridine rings is 1. The second kappa shape index (κ2) is 5.65. The monoisotopic (exact) mass is 254 g/mol. The summed E-state index contributed by atoms with van der Waals surface area (Å²) < 4.78 is 5.46. The average Bonchev–Trinajstić information content (AvgIpc) is 2.45. The number of aromatic nitrogens is 1. The van der Waals surface area contributed by atoms with Gasteiger partial charge in [-0.3, -0.25) is 0 Å². The quantitative estimate of drug-likeness (QED) is 0.904. The van der Waals surface area contributed by atoms with Gasteiger partial charge in [-0.1, -0.05) is 12.1 Å². The summed E-state index contributed by atoms with van der Waals surface area (Å²) in [5.41, 5.74) is 0.999. The lowest BCUT2D eigenvalue weighted by molar-refractivity contribution is 0.0690. The first-order valence-corrected chi connectivity index (χ1v) is 5.51. The normalized spacial score (nSPS) is 9.63. The smallest absolute Gasteiger partial charge is 0.354 e. The number of aromatic carboxylic acids is 1. The second-order valence-corrected chi connectivity index (χ2v) is 3.75. The van der Waals surface area contributed by atoms with Crippen molar-refractivity contribution in [2.24, 2.45) is 0 Å². The summed E-state index contributed by atoms with van der Waals surface area (Å²) >= 11 is 0. The van der Waals surface area contributed by atoms with Crippen LogP contribution in [0.5, 0.6) is 5.75 Å². The molecule has 0 atom stereocenters. The topological polar surface area (TPSA) is 83.2 Å². The molecule has 94 valence electrons. The third kappa shape index (κ3) is 3.30. The predicted molar refractivity (Wildman–Crippen MR) is 66.7 cm³/mol. The van der Waals surface area contributed by atoms with Crippen molar-refractivity contribution in [3.05, 3.63) is 59.4 Å². The fraction of sp³-hybridized carbons (Fsp3) is 0.0714. The van der Waals surface area contributed by atoms with Crippen molar-refractivity contribution in [1.29, 1.82) is 5.26 Å². The summed E-state index contributed by atoms with van der Waals surface area (Å²) in [4.78, 5) is 14.7. The third-order valence-corrected chi connectivity index (χ3v) is 2.38. The first-order chi connectivity index (χ1) is 9.19. The maximum Gasteiger partial charge on any atom is 0.354 e. The molecule has 0 aliphatic heterocycles. The first-order valence-electron chi connectivity index (χ1n) is 5.51. The van der Waals surface area contributed by atoms with Crippen molar-refractivity contribution in [2.45, 2.75) is 6.61 Å². The van der Waals surface area contributed by atoms with Gasteiger partial charge in [0.05, 0.1) is 17.3 Å². The Kier molecular flexibility index (Phi) is 3.74. The van der Waals surface area contributed by atoms with Gasteiger partial charge in [0.2, 0.25) is 0 Å². The van der Waals surface area contributed by atoms with Crippen LogP contribution in [0, 0.1) is 11.3 Å². The molecule has 0 saturated heterocycles. The number of hydrogen-bond donors (Lipinski definition) is 1. The summed E-state index contributed by atoms with van der Waals surface area (Å²) in [7, 11) is 0. The molecule has 1 aromatic carbocycles. The molecular formula is C14H10N2O3. The van der Waals surface area contributed by atoms with Crippen molar-refractivity contribution >= 4 is 5.97 Å². The van der Waals surface area contributed by atoms with Crippen molar-refractivity contribution in [1.82, 2.24) is 4.98 Å². The molecule has 0 amide bonds. The fourth-order valence-electron chi connectivity index (χ4n) is 1.49.